The van der Waals surface area contributed by atoms with Gasteiger partial charge >= 0.3 is 11.9 Å². The third kappa shape index (κ3) is 15.5. The van der Waals surface area contributed by atoms with Crippen molar-refractivity contribution in [1.29, 1.82) is 0 Å². The molecule has 10 heteroatoms. The molecule has 0 aliphatic heterocycles. The third-order valence-electron chi connectivity index (χ3n) is 7.39. The molecule has 0 saturated heterocycles. The molecular weight excluding hydrogens is 586 g/mol. The zero-order valence-electron chi connectivity index (χ0n) is 28.0. The molecule has 254 valence electrons. The van der Waals surface area contributed by atoms with Gasteiger partial charge in [-0.3, -0.25) is 9.59 Å². The molecule has 0 amide bonds. The number of hydrogen-bond donors (Lipinski definition) is 3. The summed E-state index contributed by atoms with van der Waals surface area (Å²) >= 11 is 0. The van der Waals surface area contributed by atoms with E-state index < -0.39 is 5.41 Å². The van der Waals surface area contributed by atoms with Crippen molar-refractivity contribution < 1.29 is 33.3 Å². The standard InChI is InChI=1S/C36H53N3O7/c1-5-8-20-37-23-19-34(41)46-28-36(6-2,26-43-24-9-21-38-32-15-11-30(12-16-32)29(4)40)27-44-25-10-22-39-33-17-13-31(14-18-33)35(42)45-7-3/h5,8,11-18,37-39H,6-7,9-10,19-28H2,1-4H3/b8-5-. The van der Waals surface area contributed by atoms with Crippen molar-refractivity contribution in [2.45, 2.75) is 53.4 Å². The van der Waals surface area contributed by atoms with E-state index in [0.29, 0.717) is 63.7 Å². The van der Waals surface area contributed by atoms with Crippen LogP contribution < -0.4 is 16.0 Å². The Kier molecular flexibility index (Phi) is 19.0. The summed E-state index contributed by atoms with van der Waals surface area (Å²) in [7, 11) is 0. The van der Waals surface area contributed by atoms with Gasteiger partial charge in [-0.25, -0.2) is 4.79 Å². The Morgan fingerprint density at radius 2 is 1.33 bits per heavy atom. The average molecular weight is 640 g/mol. The average Bonchev–Trinajstić information content (AvgIpc) is 3.07. The fourth-order valence-corrected chi connectivity index (χ4v) is 4.38. The quantitative estimate of drug-likeness (QED) is 0.0524. The number of rotatable bonds is 25. The van der Waals surface area contributed by atoms with Crippen molar-refractivity contribution in [3.8, 4) is 0 Å². The molecule has 0 saturated carbocycles. The van der Waals surface area contributed by atoms with Crippen LogP contribution >= 0.6 is 0 Å². The van der Waals surface area contributed by atoms with Crippen LogP contribution in [0.25, 0.3) is 0 Å². The van der Waals surface area contributed by atoms with E-state index in [0.717, 1.165) is 43.7 Å². The minimum Gasteiger partial charge on any atom is -0.465 e. The van der Waals surface area contributed by atoms with Crippen LogP contribution in [0.3, 0.4) is 0 Å². The summed E-state index contributed by atoms with van der Waals surface area (Å²) < 4.78 is 22.9. The van der Waals surface area contributed by atoms with Gasteiger partial charge in [0.05, 0.1) is 37.2 Å². The van der Waals surface area contributed by atoms with Gasteiger partial charge in [-0.15, -0.1) is 0 Å². The van der Waals surface area contributed by atoms with E-state index in [-0.39, 0.29) is 24.3 Å². The van der Waals surface area contributed by atoms with Crippen LogP contribution in [-0.4, -0.2) is 83.5 Å². The molecule has 1 unspecified atom stereocenters. The second-order valence-corrected chi connectivity index (χ2v) is 11.1. The lowest BCUT2D eigenvalue weighted by molar-refractivity contribution is -0.151. The van der Waals surface area contributed by atoms with Gasteiger partial charge in [0.15, 0.2) is 5.78 Å². The summed E-state index contributed by atoms with van der Waals surface area (Å²) in [5, 5.41) is 9.89. The van der Waals surface area contributed by atoms with E-state index in [9.17, 15) is 14.4 Å². The molecule has 0 heterocycles. The van der Waals surface area contributed by atoms with Crippen LogP contribution in [0.2, 0.25) is 0 Å². The summed E-state index contributed by atoms with van der Waals surface area (Å²) in [5.41, 5.74) is 2.63. The third-order valence-corrected chi connectivity index (χ3v) is 7.39. The SMILES string of the molecule is C/C=C\CNCCC(=O)OCC(CC)(COCCCNc1ccc(C(C)=O)cc1)COCCCNc1ccc(C(=O)OCC)cc1. The predicted octanol–water partition coefficient (Wildman–Crippen LogP) is 5.90. The first-order chi connectivity index (χ1) is 22.3. The minimum absolute atomic E-state index is 0.0472. The minimum atomic E-state index is -0.458. The molecule has 3 N–H and O–H groups in total. The topological polar surface area (TPSA) is 124 Å². The fourth-order valence-electron chi connectivity index (χ4n) is 4.38. The van der Waals surface area contributed by atoms with Crippen molar-refractivity contribution >= 4 is 29.1 Å². The number of Topliss-reactive ketones (excluding diaryl/α,β-unsaturated/α-hetero) is 1. The van der Waals surface area contributed by atoms with Gasteiger partial charge in [-0.1, -0.05) is 19.1 Å². The van der Waals surface area contributed by atoms with Gasteiger partial charge in [-0.2, -0.15) is 0 Å². The van der Waals surface area contributed by atoms with E-state index in [4.69, 9.17) is 18.9 Å². The lowest BCUT2D eigenvalue weighted by Gasteiger charge is -2.32. The van der Waals surface area contributed by atoms with Crippen molar-refractivity contribution in [2.75, 3.05) is 76.5 Å². The molecule has 0 radical (unpaired) electrons. The number of nitrogens with one attached hydrogen (secondary N) is 3. The zero-order valence-corrected chi connectivity index (χ0v) is 28.0. The maximum Gasteiger partial charge on any atom is 0.338 e. The molecule has 0 aliphatic carbocycles. The first kappa shape index (κ1) is 38.5. The molecule has 10 nitrogen and oxygen atoms in total. The lowest BCUT2D eigenvalue weighted by atomic mass is 9.88. The summed E-state index contributed by atoms with van der Waals surface area (Å²) in [5.74, 6) is -0.526. The van der Waals surface area contributed by atoms with E-state index >= 15 is 0 Å². The van der Waals surface area contributed by atoms with Crippen molar-refractivity contribution in [3.63, 3.8) is 0 Å². The summed E-state index contributed by atoms with van der Waals surface area (Å²) in [6, 6.07) is 14.6. The van der Waals surface area contributed by atoms with Crippen LogP contribution in [0.5, 0.6) is 0 Å². The first-order valence-electron chi connectivity index (χ1n) is 16.3. The van der Waals surface area contributed by atoms with Gasteiger partial charge < -0.3 is 34.9 Å². The van der Waals surface area contributed by atoms with Gasteiger partial charge in [0.25, 0.3) is 0 Å². The Labute approximate surface area is 274 Å². The number of esters is 2. The van der Waals surface area contributed by atoms with E-state index in [1.54, 1.807) is 26.0 Å². The molecule has 0 spiro atoms. The predicted molar refractivity (Wildman–Crippen MR) is 183 cm³/mol. The molecule has 0 bridgehead atoms. The zero-order chi connectivity index (χ0) is 33.5. The van der Waals surface area contributed by atoms with Crippen LogP contribution in [-0.2, 0) is 23.7 Å². The fraction of sp³-hybridized carbons (Fsp3) is 0.528. The number of ether oxygens (including phenoxy) is 4. The first-order valence-corrected chi connectivity index (χ1v) is 16.3. The molecule has 0 fully saturated rings. The Morgan fingerprint density at radius 1 is 0.761 bits per heavy atom. The highest BCUT2D eigenvalue weighted by molar-refractivity contribution is 5.94. The number of anilines is 2. The van der Waals surface area contributed by atoms with Crippen LogP contribution in [0, 0.1) is 5.41 Å². The largest absolute Gasteiger partial charge is 0.465 e. The van der Waals surface area contributed by atoms with Crippen LogP contribution in [0.1, 0.15) is 74.1 Å². The molecule has 2 aromatic carbocycles. The Hall–Kier alpha value is -3.73. The summed E-state index contributed by atoms with van der Waals surface area (Å²) in [4.78, 5) is 35.8. The molecule has 0 aliphatic rings. The number of carbonyl (C=O) groups excluding carboxylic acids is 3. The van der Waals surface area contributed by atoms with Gasteiger partial charge in [-0.05, 0) is 88.6 Å². The Bertz CT molecular complexity index is 1190. The Balaban J connectivity index is 1.79. The van der Waals surface area contributed by atoms with Crippen LogP contribution in [0.15, 0.2) is 60.7 Å². The summed E-state index contributed by atoms with van der Waals surface area (Å²) in [6.07, 6.45) is 6.55. The molecular formula is C36H53N3O7. The van der Waals surface area contributed by atoms with Gasteiger partial charge in [0.2, 0.25) is 0 Å². The monoisotopic (exact) mass is 639 g/mol. The van der Waals surface area contributed by atoms with E-state index in [2.05, 4.69) is 22.9 Å². The molecule has 0 aromatic heterocycles. The maximum absolute atomic E-state index is 12.5. The van der Waals surface area contributed by atoms with Crippen molar-refractivity contribution in [3.05, 3.63) is 71.8 Å². The number of benzene rings is 2. The smallest absolute Gasteiger partial charge is 0.338 e. The van der Waals surface area contributed by atoms with Gasteiger partial charge in [0.1, 0.15) is 6.61 Å². The second-order valence-electron chi connectivity index (χ2n) is 11.1. The number of hydrogen-bond acceptors (Lipinski definition) is 10. The highest BCUT2D eigenvalue weighted by Crippen LogP contribution is 2.25. The highest BCUT2D eigenvalue weighted by atomic mass is 16.5. The molecule has 2 rings (SSSR count). The summed E-state index contributed by atoms with van der Waals surface area (Å²) in [6.45, 7) is 12.5. The maximum atomic E-state index is 12.5. The second kappa shape index (κ2) is 22.7. The lowest BCUT2D eigenvalue weighted by Crippen LogP contribution is -2.38. The number of allylic oxidation sites excluding steroid dienone is 1. The van der Waals surface area contributed by atoms with Gasteiger partial charge in [0, 0.05) is 56.3 Å². The normalized spacial score (nSPS) is 12.4. The number of carbonyl (C=O) groups is 3. The molecule has 2 aromatic rings. The van der Waals surface area contributed by atoms with Crippen LogP contribution in [0.4, 0.5) is 11.4 Å². The van der Waals surface area contributed by atoms with E-state index in [1.165, 1.54) is 0 Å². The molecule has 46 heavy (non-hydrogen) atoms. The molecule has 1 atom stereocenters. The Morgan fingerprint density at radius 3 is 1.83 bits per heavy atom. The van der Waals surface area contributed by atoms with Crippen molar-refractivity contribution in [2.24, 2.45) is 5.41 Å². The highest BCUT2D eigenvalue weighted by Gasteiger charge is 2.31. The number of ketones is 1. The van der Waals surface area contributed by atoms with Crippen molar-refractivity contribution in [1.82, 2.24) is 5.32 Å². The van der Waals surface area contributed by atoms with E-state index in [1.807, 2.05) is 55.5 Å².